The highest BCUT2D eigenvalue weighted by atomic mass is 32.1. The molecule has 0 aliphatic rings. The minimum atomic E-state index is -0.862. The van der Waals surface area contributed by atoms with Gasteiger partial charge in [-0.15, -0.1) is 11.3 Å². The Balaban J connectivity index is 3.05. The second-order valence-electron chi connectivity index (χ2n) is 5.18. The molecule has 0 bridgehead atoms. The molecule has 96 valence electrons. The van der Waals surface area contributed by atoms with E-state index in [0.29, 0.717) is 5.92 Å². The van der Waals surface area contributed by atoms with E-state index in [2.05, 4.69) is 19.9 Å². The lowest BCUT2D eigenvalue weighted by Gasteiger charge is -2.39. The summed E-state index contributed by atoms with van der Waals surface area (Å²) in [6, 6.07) is 4.22. The van der Waals surface area contributed by atoms with Crippen molar-refractivity contribution in [3.8, 4) is 0 Å². The van der Waals surface area contributed by atoms with Crippen LogP contribution in [0.5, 0.6) is 0 Å². The average molecular weight is 255 g/mol. The highest BCUT2D eigenvalue weighted by molar-refractivity contribution is 7.10. The SMILES string of the molecule is CC(C)C(c1cccs1)N(C)C(C)(C)C(=O)O. The third-order valence-corrected chi connectivity index (χ3v) is 4.23. The van der Waals surface area contributed by atoms with Crippen LogP contribution in [0.25, 0.3) is 0 Å². The number of nitrogens with zero attached hydrogens (tertiary/aromatic N) is 1. The van der Waals surface area contributed by atoms with Gasteiger partial charge in [0.15, 0.2) is 0 Å². The van der Waals surface area contributed by atoms with Crippen molar-refractivity contribution >= 4 is 17.3 Å². The van der Waals surface area contributed by atoms with Gasteiger partial charge >= 0.3 is 5.97 Å². The molecule has 1 atom stereocenters. The number of rotatable bonds is 5. The molecule has 0 radical (unpaired) electrons. The Morgan fingerprint density at radius 3 is 2.41 bits per heavy atom. The molecule has 0 aromatic carbocycles. The zero-order valence-corrected chi connectivity index (χ0v) is 11.9. The van der Waals surface area contributed by atoms with E-state index in [0.717, 1.165) is 0 Å². The Morgan fingerprint density at radius 1 is 1.47 bits per heavy atom. The van der Waals surface area contributed by atoms with Crippen molar-refractivity contribution in [1.29, 1.82) is 0 Å². The van der Waals surface area contributed by atoms with Gasteiger partial charge in [-0.3, -0.25) is 9.69 Å². The van der Waals surface area contributed by atoms with E-state index in [1.165, 1.54) is 4.88 Å². The van der Waals surface area contributed by atoms with E-state index in [-0.39, 0.29) is 6.04 Å². The predicted molar refractivity (Wildman–Crippen MR) is 71.4 cm³/mol. The number of aliphatic carboxylic acids is 1. The Hall–Kier alpha value is -0.870. The second kappa shape index (κ2) is 5.19. The molecule has 0 amide bonds. The molecule has 1 aromatic rings. The van der Waals surface area contributed by atoms with Crippen LogP contribution in [0.1, 0.15) is 38.6 Å². The molecule has 0 fully saturated rings. The number of carboxylic acids is 1. The summed E-state index contributed by atoms with van der Waals surface area (Å²) in [4.78, 5) is 14.5. The summed E-state index contributed by atoms with van der Waals surface area (Å²) in [5.41, 5.74) is -0.862. The molecule has 3 nitrogen and oxygen atoms in total. The first-order chi connectivity index (χ1) is 7.78. The monoisotopic (exact) mass is 255 g/mol. The van der Waals surface area contributed by atoms with E-state index in [4.69, 9.17) is 0 Å². The summed E-state index contributed by atoms with van der Waals surface area (Å²) in [6.45, 7) is 7.74. The van der Waals surface area contributed by atoms with Crippen molar-refractivity contribution < 1.29 is 9.90 Å². The van der Waals surface area contributed by atoms with Gasteiger partial charge in [0.05, 0.1) is 0 Å². The standard InChI is InChI=1S/C13H21NO2S/c1-9(2)11(10-7-6-8-17-10)14(5)13(3,4)12(15)16/h6-9,11H,1-5H3,(H,15,16). The molecular weight excluding hydrogens is 234 g/mol. The number of thiophene rings is 1. The number of carbonyl (C=O) groups is 1. The van der Waals surface area contributed by atoms with E-state index in [1.807, 2.05) is 23.4 Å². The van der Waals surface area contributed by atoms with Crippen molar-refractivity contribution in [2.45, 2.75) is 39.3 Å². The van der Waals surface area contributed by atoms with Crippen molar-refractivity contribution in [2.75, 3.05) is 7.05 Å². The fraction of sp³-hybridized carbons (Fsp3) is 0.615. The maximum absolute atomic E-state index is 11.3. The van der Waals surface area contributed by atoms with Crippen LogP contribution in [0.15, 0.2) is 17.5 Å². The van der Waals surface area contributed by atoms with Gasteiger partial charge in [0, 0.05) is 10.9 Å². The van der Waals surface area contributed by atoms with Gasteiger partial charge in [-0.25, -0.2) is 0 Å². The minimum Gasteiger partial charge on any atom is -0.480 e. The largest absolute Gasteiger partial charge is 0.480 e. The lowest BCUT2D eigenvalue weighted by Crippen LogP contribution is -2.50. The fourth-order valence-electron chi connectivity index (χ4n) is 1.92. The molecule has 0 spiro atoms. The number of hydrogen-bond donors (Lipinski definition) is 1. The van der Waals surface area contributed by atoms with Crippen LogP contribution in [0.3, 0.4) is 0 Å². The highest BCUT2D eigenvalue weighted by Crippen LogP contribution is 2.35. The first-order valence-corrected chi connectivity index (χ1v) is 6.66. The van der Waals surface area contributed by atoms with Gasteiger partial charge in [-0.1, -0.05) is 19.9 Å². The van der Waals surface area contributed by atoms with E-state index in [1.54, 1.807) is 25.2 Å². The van der Waals surface area contributed by atoms with Crippen molar-refractivity contribution in [2.24, 2.45) is 5.92 Å². The van der Waals surface area contributed by atoms with Crippen molar-refractivity contribution in [3.63, 3.8) is 0 Å². The average Bonchev–Trinajstić information content (AvgIpc) is 2.70. The molecule has 0 aliphatic heterocycles. The smallest absolute Gasteiger partial charge is 0.323 e. The molecule has 1 N–H and O–H groups in total. The van der Waals surface area contributed by atoms with Crippen LogP contribution < -0.4 is 0 Å². The zero-order valence-electron chi connectivity index (χ0n) is 11.1. The summed E-state index contributed by atoms with van der Waals surface area (Å²) in [5.74, 6) is -0.417. The quantitative estimate of drug-likeness (QED) is 0.878. The molecule has 1 heterocycles. The predicted octanol–water partition coefficient (Wildman–Crippen LogP) is 3.24. The highest BCUT2D eigenvalue weighted by Gasteiger charge is 2.38. The van der Waals surface area contributed by atoms with E-state index >= 15 is 0 Å². The van der Waals surface area contributed by atoms with Gasteiger partial charge in [-0.05, 0) is 38.3 Å². The van der Waals surface area contributed by atoms with Crippen molar-refractivity contribution in [3.05, 3.63) is 22.4 Å². The molecule has 17 heavy (non-hydrogen) atoms. The van der Waals surface area contributed by atoms with Gasteiger partial charge in [0.2, 0.25) is 0 Å². The lowest BCUT2D eigenvalue weighted by atomic mass is 9.94. The molecule has 1 unspecified atom stereocenters. The van der Waals surface area contributed by atoms with Crippen LogP contribution >= 0.6 is 11.3 Å². The summed E-state index contributed by atoms with van der Waals surface area (Å²) in [7, 11) is 1.89. The van der Waals surface area contributed by atoms with Crippen LogP contribution in [0.2, 0.25) is 0 Å². The third-order valence-electron chi connectivity index (χ3n) is 3.29. The Bertz CT molecular complexity index is 371. The zero-order chi connectivity index (χ0) is 13.2. The lowest BCUT2D eigenvalue weighted by molar-refractivity contribution is -0.150. The van der Waals surface area contributed by atoms with Gasteiger partial charge < -0.3 is 5.11 Å². The second-order valence-corrected chi connectivity index (χ2v) is 6.16. The molecule has 1 aromatic heterocycles. The Labute approximate surface area is 107 Å². The number of carboxylic acid groups (broad SMARTS) is 1. The maximum Gasteiger partial charge on any atom is 0.323 e. The normalized spacial score (nSPS) is 14.3. The molecule has 0 saturated heterocycles. The van der Waals surface area contributed by atoms with Crippen LogP contribution in [-0.4, -0.2) is 28.6 Å². The van der Waals surface area contributed by atoms with Gasteiger partial charge in [0.1, 0.15) is 5.54 Å². The summed E-state index contributed by atoms with van der Waals surface area (Å²) < 4.78 is 0. The van der Waals surface area contributed by atoms with Gasteiger partial charge in [0.25, 0.3) is 0 Å². The maximum atomic E-state index is 11.3. The Morgan fingerprint density at radius 2 is 2.06 bits per heavy atom. The van der Waals surface area contributed by atoms with E-state index in [9.17, 15) is 9.90 Å². The molecular formula is C13H21NO2S. The molecule has 1 rings (SSSR count). The fourth-order valence-corrected chi connectivity index (χ4v) is 2.97. The van der Waals surface area contributed by atoms with E-state index < -0.39 is 11.5 Å². The van der Waals surface area contributed by atoms with Crippen molar-refractivity contribution in [1.82, 2.24) is 4.90 Å². The van der Waals surface area contributed by atoms with Crippen LogP contribution in [-0.2, 0) is 4.79 Å². The van der Waals surface area contributed by atoms with Crippen LogP contribution in [0.4, 0.5) is 0 Å². The molecule has 4 heteroatoms. The third kappa shape index (κ3) is 2.87. The van der Waals surface area contributed by atoms with Crippen LogP contribution in [0, 0.1) is 5.92 Å². The molecule has 0 aliphatic carbocycles. The topological polar surface area (TPSA) is 40.5 Å². The summed E-state index contributed by atoms with van der Waals surface area (Å²) in [5, 5.41) is 11.3. The Kier molecular flexibility index (Phi) is 4.33. The summed E-state index contributed by atoms with van der Waals surface area (Å²) in [6.07, 6.45) is 0. The minimum absolute atomic E-state index is 0.140. The molecule has 0 saturated carbocycles. The number of likely N-dealkylation sites (N-methyl/N-ethyl adjacent to an activating group) is 1. The first-order valence-electron chi connectivity index (χ1n) is 5.78. The first kappa shape index (κ1) is 14.2. The van der Waals surface area contributed by atoms with Gasteiger partial charge in [-0.2, -0.15) is 0 Å². The number of hydrogen-bond acceptors (Lipinski definition) is 3. The summed E-state index contributed by atoms with van der Waals surface area (Å²) >= 11 is 1.68.